The lowest BCUT2D eigenvalue weighted by Crippen LogP contribution is -2.43. The topological polar surface area (TPSA) is 38.1 Å². The first kappa shape index (κ1) is 14.0. The lowest BCUT2D eigenvalue weighted by atomic mass is 10.1. The summed E-state index contributed by atoms with van der Waals surface area (Å²) < 4.78 is 27.7. The fourth-order valence-electron chi connectivity index (χ4n) is 2.17. The Bertz CT molecular complexity index is 472. The zero-order chi connectivity index (χ0) is 14.2. The molecule has 0 aromatic carbocycles. The number of aryl methyl sites for hydroxylation is 1. The molecule has 0 spiro atoms. The summed E-state index contributed by atoms with van der Waals surface area (Å²) in [6, 6.07) is 1.75. The molecule has 0 aliphatic carbocycles. The second-order valence-corrected chi connectivity index (χ2v) is 5.38. The van der Waals surface area contributed by atoms with Crippen LogP contribution in [0.3, 0.4) is 0 Å². The van der Waals surface area contributed by atoms with Gasteiger partial charge in [-0.15, -0.1) is 0 Å². The SMILES string of the molecule is CC(C)c1cc(C(=O)N2CCC(F)(F)CC2)n(C)n1. The van der Waals surface area contributed by atoms with Crippen LogP contribution in [0.5, 0.6) is 0 Å². The van der Waals surface area contributed by atoms with Crippen LogP contribution < -0.4 is 0 Å². The van der Waals surface area contributed by atoms with Gasteiger partial charge in [-0.25, -0.2) is 8.78 Å². The van der Waals surface area contributed by atoms with E-state index in [0.717, 1.165) is 5.69 Å². The maximum atomic E-state index is 13.1. The van der Waals surface area contributed by atoms with Crippen molar-refractivity contribution in [2.24, 2.45) is 7.05 Å². The largest absolute Gasteiger partial charge is 0.337 e. The summed E-state index contributed by atoms with van der Waals surface area (Å²) in [6.07, 6.45) is -0.513. The molecule has 0 N–H and O–H groups in total. The van der Waals surface area contributed by atoms with Crippen LogP contribution in [0.25, 0.3) is 0 Å². The minimum absolute atomic E-state index is 0.105. The Morgan fingerprint density at radius 3 is 2.42 bits per heavy atom. The van der Waals surface area contributed by atoms with Crippen LogP contribution in [0, 0.1) is 0 Å². The number of amides is 1. The average Bonchev–Trinajstić information content (AvgIpc) is 2.70. The molecule has 2 heterocycles. The fourth-order valence-corrected chi connectivity index (χ4v) is 2.17. The molecule has 6 heteroatoms. The Labute approximate surface area is 111 Å². The van der Waals surface area contributed by atoms with E-state index in [-0.39, 0.29) is 37.8 Å². The third kappa shape index (κ3) is 2.93. The van der Waals surface area contributed by atoms with Gasteiger partial charge in [-0.2, -0.15) is 5.10 Å². The molecule has 0 radical (unpaired) electrons. The maximum absolute atomic E-state index is 13.1. The van der Waals surface area contributed by atoms with Crippen LogP contribution in [0.15, 0.2) is 6.07 Å². The van der Waals surface area contributed by atoms with Crippen LogP contribution in [0.1, 0.15) is 48.8 Å². The van der Waals surface area contributed by atoms with Crippen molar-refractivity contribution >= 4 is 5.91 Å². The van der Waals surface area contributed by atoms with Gasteiger partial charge in [-0.1, -0.05) is 13.8 Å². The number of aromatic nitrogens is 2. The van der Waals surface area contributed by atoms with E-state index in [9.17, 15) is 13.6 Å². The minimum Gasteiger partial charge on any atom is -0.337 e. The van der Waals surface area contributed by atoms with Crippen LogP contribution in [-0.2, 0) is 7.05 Å². The van der Waals surface area contributed by atoms with Crippen LogP contribution >= 0.6 is 0 Å². The zero-order valence-corrected chi connectivity index (χ0v) is 11.5. The molecule has 1 fully saturated rings. The quantitative estimate of drug-likeness (QED) is 0.828. The second-order valence-electron chi connectivity index (χ2n) is 5.38. The van der Waals surface area contributed by atoms with Gasteiger partial charge in [0.25, 0.3) is 11.8 Å². The molecule has 1 aliphatic rings. The molecule has 106 valence electrons. The van der Waals surface area contributed by atoms with Gasteiger partial charge < -0.3 is 4.90 Å². The Kier molecular flexibility index (Phi) is 3.60. The molecule has 4 nitrogen and oxygen atoms in total. The van der Waals surface area contributed by atoms with Gasteiger partial charge in [0.2, 0.25) is 0 Å². The van der Waals surface area contributed by atoms with E-state index in [1.165, 1.54) is 9.58 Å². The molecule has 1 aromatic heterocycles. The number of likely N-dealkylation sites (tertiary alicyclic amines) is 1. The standard InChI is InChI=1S/C13H19F2N3O/c1-9(2)10-8-11(17(3)16-10)12(19)18-6-4-13(14,15)5-7-18/h8-9H,4-7H2,1-3H3. The van der Waals surface area contributed by atoms with Gasteiger partial charge in [0.05, 0.1) is 5.69 Å². The molecular weight excluding hydrogens is 252 g/mol. The molecule has 0 unspecified atom stereocenters. The maximum Gasteiger partial charge on any atom is 0.272 e. The van der Waals surface area contributed by atoms with Crippen LogP contribution in [-0.4, -0.2) is 39.6 Å². The van der Waals surface area contributed by atoms with Gasteiger partial charge in [0, 0.05) is 33.0 Å². The molecular formula is C13H19F2N3O. The Morgan fingerprint density at radius 2 is 1.95 bits per heavy atom. The van der Waals surface area contributed by atoms with Gasteiger partial charge in [-0.3, -0.25) is 9.48 Å². The number of piperidine rings is 1. The average molecular weight is 271 g/mol. The third-order valence-electron chi connectivity index (χ3n) is 3.49. The van der Waals surface area contributed by atoms with Gasteiger partial charge in [0.15, 0.2) is 0 Å². The first-order valence-electron chi connectivity index (χ1n) is 6.51. The summed E-state index contributed by atoms with van der Waals surface area (Å²) in [5.74, 6) is -2.61. The monoisotopic (exact) mass is 271 g/mol. The number of halogens is 2. The number of nitrogens with zero attached hydrogens (tertiary/aromatic N) is 3. The highest BCUT2D eigenvalue weighted by molar-refractivity contribution is 5.92. The fraction of sp³-hybridized carbons (Fsp3) is 0.692. The summed E-state index contributed by atoms with van der Waals surface area (Å²) in [5.41, 5.74) is 1.31. The van der Waals surface area contributed by atoms with Crippen molar-refractivity contribution < 1.29 is 13.6 Å². The normalized spacial score (nSPS) is 18.9. The van der Waals surface area contributed by atoms with E-state index in [0.29, 0.717) is 5.69 Å². The Hall–Kier alpha value is -1.46. The minimum atomic E-state index is -2.63. The number of hydrogen-bond acceptors (Lipinski definition) is 2. The Morgan fingerprint density at radius 1 is 1.37 bits per heavy atom. The number of hydrogen-bond donors (Lipinski definition) is 0. The number of carbonyl (C=O) groups excluding carboxylic acids is 1. The van der Waals surface area contributed by atoms with Gasteiger partial charge in [-0.05, 0) is 12.0 Å². The highest BCUT2D eigenvalue weighted by Crippen LogP contribution is 2.28. The summed E-state index contributed by atoms with van der Waals surface area (Å²) in [4.78, 5) is 13.8. The van der Waals surface area contributed by atoms with Crippen LogP contribution in [0.2, 0.25) is 0 Å². The predicted molar refractivity (Wildman–Crippen MR) is 67.4 cm³/mol. The van der Waals surface area contributed by atoms with E-state index < -0.39 is 5.92 Å². The van der Waals surface area contributed by atoms with Crippen molar-refractivity contribution in [2.75, 3.05) is 13.1 Å². The molecule has 1 aromatic rings. The molecule has 1 aliphatic heterocycles. The zero-order valence-electron chi connectivity index (χ0n) is 11.5. The number of rotatable bonds is 2. The van der Waals surface area contributed by atoms with Crippen molar-refractivity contribution in [1.29, 1.82) is 0 Å². The lowest BCUT2D eigenvalue weighted by molar-refractivity contribution is -0.0495. The highest BCUT2D eigenvalue weighted by Gasteiger charge is 2.36. The molecule has 1 saturated heterocycles. The number of carbonyl (C=O) groups is 1. The Balaban J connectivity index is 2.12. The second kappa shape index (κ2) is 4.90. The summed E-state index contributed by atoms with van der Waals surface area (Å²) in [5, 5.41) is 4.28. The van der Waals surface area contributed by atoms with Gasteiger partial charge >= 0.3 is 0 Å². The van der Waals surface area contributed by atoms with E-state index in [2.05, 4.69) is 5.10 Å². The summed E-state index contributed by atoms with van der Waals surface area (Å²) in [7, 11) is 1.71. The first-order valence-corrected chi connectivity index (χ1v) is 6.51. The molecule has 0 bridgehead atoms. The lowest BCUT2D eigenvalue weighted by Gasteiger charge is -2.31. The van der Waals surface area contributed by atoms with E-state index >= 15 is 0 Å². The van der Waals surface area contributed by atoms with E-state index in [1.54, 1.807) is 13.1 Å². The van der Waals surface area contributed by atoms with E-state index in [4.69, 9.17) is 0 Å². The van der Waals surface area contributed by atoms with Crippen LogP contribution in [0.4, 0.5) is 8.78 Å². The summed E-state index contributed by atoms with van der Waals surface area (Å²) in [6.45, 7) is 4.21. The predicted octanol–water partition coefficient (Wildman–Crippen LogP) is 2.41. The molecule has 0 saturated carbocycles. The van der Waals surface area contributed by atoms with Crippen molar-refractivity contribution in [3.05, 3.63) is 17.5 Å². The summed E-state index contributed by atoms with van der Waals surface area (Å²) >= 11 is 0. The molecule has 2 rings (SSSR count). The molecule has 0 atom stereocenters. The smallest absolute Gasteiger partial charge is 0.272 e. The number of alkyl halides is 2. The van der Waals surface area contributed by atoms with Gasteiger partial charge in [0.1, 0.15) is 5.69 Å². The van der Waals surface area contributed by atoms with Crippen molar-refractivity contribution in [2.45, 2.75) is 38.5 Å². The van der Waals surface area contributed by atoms with E-state index in [1.807, 2.05) is 13.8 Å². The highest BCUT2D eigenvalue weighted by atomic mass is 19.3. The molecule has 1 amide bonds. The third-order valence-corrected chi connectivity index (χ3v) is 3.49. The van der Waals surface area contributed by atoms with Crippen molar-refractivity contribution in [3.8, 4) is 0 Å². The molecule has 19 heavy (non-hydrogen) atoms. The van der Waals surface area contributed by atoms with Crippen molar-refractivity contribution in [1.82, 2.24) is 14.7 Å². The van der Waals surface area contributed by atoms with Crippen molar-refractivity contribution in [3.63, 3.8) is 0 Å². The first-order chi connectivity index (χ1) is 8.80.